The molecule has 0 unspecified atom stereocenters. The zero-order valence-electron chi connectivity index (χ0n) is 17.8. The Labute approximate surface area is 174 Å². The fourth-order valence-corrected chi connectivity index (χ4v) is 4.51. The number of piperazine rings is 1. The minimum atomic E-state index is -0.837. The lowest BCUT2D eigenvalue weighted by Crippen LogP contribution is -2.52. The molecule has 1 aromatic rings. The monoisotopic (exact) mass is 398 g/mol. The van der Waals surface area contributed by atoms with Crippen LogP contribution in [0.2, 0.25) is 0 Å². The lowest BCUT2D eigenvalue weighted by Gasteiger charge is -2.35. The highest BCUT2D eigenvalue weighted by Gasteiger charge is 2.58. The summed E-state index contributed by atoms with van der Waals surface area (Å²) in [4.78, 5) is 32.6. The molecular formula is C23H34N4O2. The molecule has 158 valence electrons. The van der Waals surface area contributed by atoms with Gasteiger partial charge in [0.25, 0.3) is 0 Å². The fourth-order valence-electron chi connectivity index (χ4n) is 4.51. The van der Waals surface area contributed by atoms with Crippen LogP contribution in [0, 0.1) is 11.3 Å². The number of piperidine rings is 1. The predicted molar refractivity (Wildman–Crippen MR) is 116 cm³/mol. The maximum Gasteiger partial charge on any atom is 0.240 e. The average molecular weight is 399 g/mol. The first-order valence-corrected chi connectivity index (χ1v) is 11.2. The van der Waals surface area contributed by atoms with Crippen molar-refractivity contribution >= 4 is 23.2 Å². The summed E-state index contributed by atoms with van der Waals surface area (Å²) in [6, 6.07) is 8.09. The zero-order valence-corrected chi connectivity index (χ0v) is 17.8. The van der Waals surface area contributed by atoms with Crippen molar-refractivity contribution in [3.8, 4) is 0 Å². The average Bonchev–Trinajstić information content (AvgIpc) is 3.57. The van der Waals surface area contributed by atoms with Crippen LogP contribution in [0.15, 0.2) is 24.3 Å². The van der Waals surface area contributed by atoms with Crippen molar-refractivity contribution in [1.82, 2.24) is 9.80 Å². The number of amides is 2. The molecule has 3 fully saturated rings. The zero-order chi connectivity index (χ0) is 20.4. The van der Waals surface area contributed by atoms with E-state index in [1.54, 1.807) is 0 Å². The van der Waals surface area contributed by atoms with Gasteiger partial charge in [0, 0.05) is 50.6 Å². The van der Waals surface area contributed by atoms with Crippen LogP contribution in [0.4, 0.5) is 11.4 Å². The number of hydrogen-bond acceptors (Lipinski definition) is 4. The molecule has 3 aliphatic rings. The molecule has 1 saturated carbocycles. The highest BCUT2D eigenvalue weighted by Crippen LogP contribution is 2.48. The van der Waals surface area contributed by atoms with Gasteiger partial charge < -0.3 is 20.0 Å². The molecule has 0 aromatic heterocycles. The summed E-state index contributed by atoms with van der Waals surface area (Å²) < 4.78 is 0. The second kappa shape index (κ2) is 8.34. The number of carbonyl (C=O) groups is 2. The van der Waals surface area contributed by atoms with E-state index >= 15 is 0 Å². The number of carbonyl (C=O) groups excluding carboxylic acids is 2. The van der Waals surface area contributed by atoms with Gasteiger partial charge in [-0.05, 0) is 62.4 Å². The van der Waals surface area contributed by atoms with Crippen LogP contribution >= 0.6 is 0 Å². The molecule has 2 saturated heterocycles. The Morgan fingerprint density at radius 3 is 2.17 bits per heavy atom. The minimum absolute atomic E-state index is 0.0183. The third-order valence-corrected chi connectivity index (χ3v) is 6.97. The second-order valence-electron chi connectivity index (χ2n) is 8.98. The van der Waals surface area contributed by atoms with E-state index in [1.807, 2.05) is 17.0 Å². The third-order valence-electron chi connectivity index (χ3n) is 6.97. The summed E-state index contributed by atoms with van der Waals surface area (Å²) in [5.41, 5.74) is 1.15. The maximum absolute atomic E-state index is 13.0. The predicted octanol–water partition coefficient (Wildman–Crippen LogP) is 2.81. The first kappa shape index (κ1) is 20.2. The number of hydrogen-bond donors (Lipinski definition) is 1. The number of nitrogens with one attached hydrogen (secondary N) is 1. The van der Waals surface area contributed by atoms with Crippen molar-refractivity contribution in [2.75, 3.05) is 56.0 Å². The van der Waals surface area contributed by atoms with E-state index < -0.39 is 5.41 Å². The number of anilines is 2. The Hall–Kier alpha value is -2.08. The second-order valence-corrected chi connectivity index (χ2v) is 8.98. The third kappa shape index (κ3) is 4.27. The first-order chi connectivity index (χ1) is 14.0. The van der Waals surface area contributed by atoms with Gasteiger partial charge in [0.05, 0.1) is 0 Å². The number of rotatable bonds is 5. The summed E-state index contributed by atoms with van der Waals surface area (Å²) >= 11 is 0. The van der Waals surface area contributed by atoms with Gasteiger partial charge >= 0.3 is 0 Å². The summed E-state index contributed by atoms with van der Waals surface area (Å²) in [5, 5.41) is 3.01. The summed E-state index contributed by atoms with van der Waals surface area (Å²) in [6.45, 7) is 10.9. The molecule has 1 N–H and O–H groups in total. The van der Waals surface area contributed by atoms with Gasteiger partial charge in [0.15, 0.2) is 0 Å². The van der Waals surface area contributed by atoms with Gasteiger partial charge in [0.1, 0.15) is 5.41 Å². The SMILES string of the molecule is CCN1CCN(C(=O)C2(C(=O)Nc3ccc(N4CCC(C)CC4)cc3)CC2)CC1. The van der Waals surface area contributed by atoms with Crippen LogP contribution in [0.25, 0.3) is 0 Å². The van der Waals surface area contributed by atoms with E-state index in [0.717, 1.165) is 57.4 Å². The lowest BCUT2D eigenvalue weighted by atomic mass is 9.99. The van der Waals surface area contributed by atoms with Gasteiger partial charge in [0.2, 0.25) is 11.8 Å². The van der Waals surface area contributed by atoms with E-state index in [2.05, 4.69) is 41.1 Å². The van der Waals surface area contributed by atoms with E-state index in [9.17, 15) is 9.59 Å². The molecule has 4 rings (SSSR count). The van der Waals surface area contributed by atoms with Crippen LogP contribution in [-0.4, -0.2) is 67.4 Å². The molecule has 6 nitrogen and oxygen atoms in total. The fraction of sp³-hybridized carbons (Fsp3) is 0.652. The molecule has 0 atom stereocenters. The largest absolute Gasteiger partial charge is 0.372 e. The smallest absolute Gasteiger partial charge is 0.240 e. The van der Waals surface area contributed by atoms with Crippen LogP contribution in [0.3, 0.4) is 0 Å². The van der Waals surface area contributed by atoms with Gasteiger partial charge in [-0.1, -0.05) is 13.8 Å². The van der Waals surface area contributed by atoms with Crippen molar-refractivity contribution in [1.29, 1.82) is 0 Å². The van der Waals surface area contributed by atoms with E-state index in [-0.39, 0.29) is 11.8 Å². The number of nitrogens with zero attached hydrogens (tertiary/aromatic N) is 3. The van der Waals surface area contributed by atoms with Crippen molar-refractivity contribution in [2.45, 2.75) is 39.5 Å². The van der Waals surface area contributed by atoms with Gasteiger partial charge in [-0.2, -0.15) is 0 Å². The Kier molecular flexibility index (Phi) is 5.81. The molecule has 29 heavy (non-hydrogen) atoms. The Morgan fingerprint density at radius 1 is 1.00 bits per heavy atom. The van der Waals surface area contributed by atoms with E-state index in [0.29, 0.717) is 12.8 Å². The molecule has 2 amide bonds. The van der Waals surface area contributed by atoms with Crippen molar-refractivity contribution in [3.05, 3.63) is 24.3 Å². The highest BCUT2D eigenvalue weighted by atomic mass is 16.2. The van der Waals surface area contributed by atoms with Gasteiger partial charge in [-0.3, -0.25) is 9.59 Å². The summed E-state index contributed by atoms with van der Waals surface area (Å²) in [7, 11) is 0. The summed E-state index contributed by atoms with van der Waals surface area (Å²) in [5.74, 6) is 0.687. The first-order valence-electron chi connectivity index (χ1n) is 11.2. The van der Waals surface area contributed by atoms with Gasteiger partial charge in [-0.15, -0.1) is 0 Å². The maximum atomic E-state index is 13.0. The number of likely N-dealkylation sites (N-methyl/N-ethyl adjacent to an activating group) is 1. The lowest BCUT2D eigenvalue weighted by molar-refractivity contribution is -0.143. The molecule has 0 bridgehead atoms. The normalized spacial score (nSPS) is 22.4. The number of benzene rings is 1. The molecule has 6 heteroatoms. The van der Waals surface area contributed by atoms with Crippen LogP contribution in [0.1, 0.15) is 39.5 Å². The van der Waals surface area contributed by atoms with Gasteiger partial charge in [-0.25, -0.2) is 0 Å². The molecule has 2 heterocycles. The molecule has 1 aliphatic carbocycles. The Balaban J connectivity index is 1.34. The molecule has 2 aliphatic heterocycles. The minimum Gasteiger partial charge on any atom is -0.372 e. The topological polar surface area (TPSA) is 55.9 Å². The van der Waals surface area contributed by atoms with Crippen LogP contribution in [-0.2, 0) is 9.59 Å². The van der Waals surface area contributed by atoms with Crippen molar-refractivity contribution < 1.29 is 9.59 Å². The standard InChI is InChI=1S/C23H34N4O2/c1-3-25-14-16-27(17-15-25)22(29)23(10-11-23)21(28)24-19-4-6-20(7-5-19)26-12-8-18(2)9-13-26/h4-7,18H,3,8-17H2,1-2H3,(H,24,28). The molecule has 0 spiro atoms. The highest BCUT2D eigenvalue weighted by molar-refractivity contribution is 6.13. The van der Waals surface area contributed by atoms with Crippen molar-refractivity contribution in [2.24, 2.45) is 11.3 Å². The quantitative estimate of drug-likeness (QED) is 0.775. The van der Waals surface area contributed by atoms with Crippen LogP contribution in [0.5, 0.6) is 0 Å². The van der Waals surface area contributed by atoms with E-state index in [4.69, 9.17) is 0 Å². The van der Waals surface area contributed by atoms with Crippen molar-refractivity contribution in [3.63, 3.8) is 0 Å². The van der Waals surface area contributed by atoms with E-state index in [1.165, 1.54) is 18.5 Å². The molecule has 0 radical (unpaired) electrons. The van der Waals surface area contributed by atoms with Crippen LogP contribution < -0.4 is 10.2 Å². The molecular weight excluding hydrogens is 364 g/mol. The Morgan fingerprint density at radius 2 is 1.62 bits per heavy atom. The Bertz CT molecular complexity index is 728. The summed E-state index contributed by atoms with van der Waals surface area (Å²) in [6.07, 6.45) is 3.79. The molecule has 1 aromatic carbocycles.